The molecule has 0 aliphatic carbocycles. The summed E-state index contributed by atoms with van der Waals surface area (Å²) in [6.45, 7) is 4.08. The van der Waals surface area contributed by atoms with Crippen molar-refractivity contribution in [1.29, 1.82) is 0 Å². The number of hydrogen-bond acceptors (Lipinski definition) is 5. The van der Waals surface area contributed by atoms with E-state index in [9.17, 15) is 14.7 Å². The number of rotatable bonds is 5. The van der Waals surface area contributed by atoms with Gasteiger partial charge in [0.1, 0.15) is 17.5 Å². The molecule has 2 aromatic rings. The van der Waals surface area contributed by atoms with Crippen LogP contribution in [0.1, 0.15) is 23.3 Å². The monoisotopic (exact) mass is 341 g/mol. The molecule has 3 rings (SSSR count). The van der Waals surface area contributed by atoms with Gasteiger partial charge in [-0.25, -0.2) is 4.79 Å². The number of carboxylic acid groups (broad SMARTS) is 1. The van der Waals surface area contributed by atoms with Crippen molar-refractivity contribution < 1.29 is 19.1 Å². The summed E-state index contributed by atoms with van der Waals surface area (Å²) in [6, 6.07) is 8.37. The Morgan fingerprint density at radius 2 is 2.04 bits per heavy atom. The second kappa shape index (κ2) is 6.80. The van der Waals surface area contributed by atoms with E-state index in [-0.39, 0.29) is 18.0 Å². The van der Waals surface area contributed by atoms with E-state index in [1.807, 2.05) is 32.0 Å². The molecule has 1 aromatic heterocycles. The highest BCUT2D eigenvalue weighted by molar-refractivity contribution is 6.37. The summed E-state index contributed by atoms with van der Waals surface area (Å²) in [5.41, 5.74) is 2.54. The molecule has 0 spiro atoms. The molecule has 1 aromatic carbocycles. The number of benzene rings is 1. The van der Waals surface area contributed by atoms with Gasteiger partial charge in [0.25, 0.3) is 0 Å². The van der Waals surface area contributed by atoms with Crippen LogP contribution in [0.3, 0.4) is 0 Å². The van der Waals surface area contributed by atoms with Crippen molar-refractivity contribution in [3.8, 4) is 0 Å². The zero-order chi connectivity index (χ0) is 18.0. The average Bonchev–Trinajstić information content (AvgIpc) is 3.18. The number of nitrogens with one attached hydrogen (secondary N) is 1. The Balaban J connectivity index is 1.77. The molecule has 0 saturated heterocycles. The molecule has 1 aliphatic rings. The molecule has 2 heterocycles. The molecule has 2 N–H and O–H groups in total. The lowest BCUT2D eigenvalue weighted by atomic mass is 10.1. The van der Waals surface area contributed by atoms with Gasteiger partial charge in [0.2, 0.25) is 5.91 Å². The second-order valence-corrected chi connectivity index (χ2v) is 5.92. The number of carbonyl (C=O) groups is 2. The summed E-state index contributed by atoms with van der Waals surface area (Å²) in [4.78, 5) is 23.9. The van der Waals surface area contributed by atoms with Crippen LogP contribution in [-0.4, -0.2) is 28.7 Å². The summed E-state index contributed by atoms with van der Waals surface area (Å²) in [5, 5.41) is 17.7. The number of anilines is 1. The van der Waals surface area contributed by atoms with Crippen LogP contribution in [-0.2, 0) is 16.1 Å². The number of amides is 1. The fourth-order valence-corrected chi connectivity index (χ4v) is 2.82. The molecule has 7 nitrogen and oxygen atoms in total. The molecule has 130 valence electrons. The lowest BCUT2D eigenvalue weighted by Gasteiger charge is -2.22. The maximum Gasteiger partial charge on any atom is 0.352 e. The minimum atomic E-state index is -1.11. The van der Waals surface area contributed by atoms with E-state index in [1.165, 1.54) is 5.01 Å². The number of carbonyl (C=O) groups excluding carboxylic acids is 1. The van der Waals surface area contributed by atoms with Crippen LogP contribution < -0.4 is 10.3 Å². The van der Waals surface area contributed by atoms with Crippen LogP contribution in [0.25, 0.3) is 0 Å². The molecule has 0 bridgehead atoms. The molecular weight excluding hydrogens is 322 g/mol. The van der Waals surface area contributed by atoms with E-state index >= 15 is 0 Å². The zero-order valence-corrected chi connectivity index (χ0v) is 14.0. The Hall–Kier alpha value is -3.09. The van der Waals surface area contributed by atoms with Crippen LogP contribution in [0, 0.1) is 13.8 Å². The Kier molecular flexibility index (Phi) is 4.56. The summed E-state index contributed by atoms with van der Waals surface area (Å²) in [6.07, 6.45) is 1.70. The summed E-state index contributed by atoms with van der Waals surface area (Å²) in [5.74, 6) is -0.631. The Morgan fingerprint density at radius 3 is 2.64 bits per heavy atom. The first kappa shape index (κ1) is 16.8. The average molecular weight is 341 g/mol. The van der Waals surface area contributed by atoms with Crippen molar-refractivity contribution in [1.82, 2.24) is 5.32 Å². The van der Waals surface area contributed by atoms with Crippen LogP contribution in [0.15, 0.2) is 46.1 Å². The van der Waals surface area contributed by atoms with Gasteiger partial charge in [0, 0.05) is 18.5 Å². The number of aryl methyl sites for hydroxylation is 2. The third-order valence-corrected chi connectivity index (χ3v) is 4.23. The van der Waals surface area contributed by atoms with Crippen LogP contribution in [0.5, 0.6) is 0 Å². The van der Waals surface area contributed by atoms with Crippen LogP contribution >= 0.6 is 0 Å². The van der Waals surface area contributed by atoms with Crippen molar-refractivity contribution in [2.24, 2.45) is 5.10 Å². The lowest BCUT2D eigenvalue weighted by molar-refractivity contribution is -0.129. The van der Waals surface area contributed by atoms with Gasteiger partial charge in [0.15, 0.2) is 0 Å². The second-order valence-electron chi connectivity index (χ2n) is 5.92. The third-order valence-electron chi connectivity index (χ3n) is 4.23. The maximum absolute atomic E-state index is 12.7. The highest BCUT2D eigenvalue weighted by Crippen LogP contribution is 2.25. The summed E-state index contributed by atoms with van der Waals surface area (Å²) < 4.78 is 5.33. The van der Waals surface area contributed by atoms with E-state index < -0.39 is 12.0 Å². The molecule has 7 heteroatoms. The van der Waals surface area contributed by atoms with Gasteiger partial charge in [-0.15, -0.1) is 0 Å². The van der Waals surface area contributed by atoms with E-state index in [0.29, 0.717) is 12.2 Å². The van der Waals surface area contributed by atoms with E-state index in [1.54, 1.807) is 18.4 Å². The molecule has 1 unspecified atom stereocenters. The van der Waals surface area contributed by atoms with Gasteiger partial charge in [0.05, 0.1) is 12.0 Å². The molecular formula is C18H19N3O4. The van der Waals surface area contributed by atoms with Crippen LogP contribution in [0.4, 0.5) is 5.69 Å². The number of aliphatic carboxylic acids is 1. The summed E-state index contributed by atoms with van der Waals surface area (Å²) >= 11 is 0. The molecule has 1 amide bonds. The standard InChI is InChI=1S/C18H19N3O4/c1-11-10-25-12(2)14(11)9-19-17(22)16-8-15(18(23)24)20-21(16)13-6-4-3-5-7-13/h3-7,10,16H,8-9H2,1-2H3,(H,19,22)(H,23,24). The van der Waals surface area contributed by atoms with Crippen molar-refractivity contribution in [2.45, 2.75) is 32.9 Å². The fraction of sp³-hybridized carbons (Fsp3) is 0.278. The molecule has 1 atom stereocenters. The molecule has 0 radical (unpaired) electrons. The van der Waals surface area contributed by atoms with Gasteiger partial charge in [-0.05, 0) is 31.5 Å². The first-order chi connectivity index (χ1) is 12.0. The molecule has 1 aliphatic heterocycles. The number of para-hydroxylation sites is 1. The van der Waals surface area contributed by atoms with E-state index in [0.717, 1.165) is 16.9 Å². The van der Waals surface area contributed by atoms with Gasteiger partial charge in [-0.2, -0.15) is 5.10 Å². The molecule has 25 heavy (non-hydrogen) atoms. The smallest absolute Gasteiger partial charge is 0.352 e. The first-order valence-corrected chi connectivity index (χ1v) is 7.93. The zero-order valence-electron chi connectivity index (χ0n) is 14.0. The SMILES string of the molecule is Cc1coc(C)c1CNC(=O)C1CC(C(=O)O)=NN1c1ccccc1. The fourth-order valence-electron chi connectivity index (χ4n) is 2.82. The third kappa shape index (κ3) is 3.40. The highest BCUT2D eigenvalue weighted by atomic mass is 16.4. The largest absolute Gasteiger partial charge is 0.477 e. The number of hydrogen-bond donors (Lipinski definition) is 2. The minimum Gasteiger partial charge on any atom is -0.477 e. The van der Waals surface area contributed by atoms with Crippen molar-refractivity contribution in [3.05, 3.63) is 53.5 Å². The molecule has 0 fully saturated rings. The maximum atomic E-state index is 12.7. The number of hydrazone groups is 1. The quantitative estimate of drug-likeness (QED) is 0.869. The lowest BCUT2D eigenvalue weighted by Crippen LogP contribution is -2.42. The predicted octanol–water partition coefficient (Wildman–Crippen LogP) is 2.23. The number of furan rings is 1. The molecule has 0 saturated carbocycles. The van der Waals surface area contributed by atoms with E-state index in [4.69, 9.17) is 4.42 Å². The van der Waals surface area contributed by atoms with Gasteiger partial charge in [-0.3, -0.25) is 9.80 Å². The normalized spacial score (nSPS) is 16.6. The summed E-state index contributed by atoms with van der Waals surface area (Å²) in [7, 11) is 0. The van der Waals surface area contributed by atoms with Crippen LogP contribution in [0.2, 0.25) is 0 Å². The Labute approximate surface area is 144 Å². The first-order valence-electron chi connectivity index (χ1n) is 7.93. The van der Waals surface area contributed by atoms with Gasteiger partial charge < -0.3 is 14.8 Å². The Morgan fingerprint density at radius 1 is 1.32 bits per heavy atom. The predicted molar refractivity (Wildman–Crippen MR) is 92.4 cm³/mol. The number of nitrogens with zero attached hydrogens (tertiary/aromatic N) is 2. The number of carboxylic acids is 1. The van der Waals surface area contributed by atoms with Gasteiger partial charge in [-0.1, -0.05) is 18.2 Å². The van der Waals surface area contributed by atoms with Crippen molar-refractivity contribution >= 4 is 23.3 Å². The topological polar surface area (TPSA) is 95.1 Å². The Bertz CT molecular complexity index is 807. The van der Waals surface area contributed by atoms with Gasteiger partial charge >= 0.3 is 5.97 Å². The highest BCUT2D eigenvalue weighted by Gasteiger charge is 2.36. The minimum absolute atomic E-state index is 0.0281. The van der Waals surface area contributed by atoms with Crippen molar-refractivity contribution in [3.63, 3.8) is 0 Å². The van der Waals surface area contributed by atoms with Crippen molar-refractivity contribution in [2.75, 3.05) is 5.01 Å². The van der Waals surface area contributed by atoms with E-state index in [2.05, 4.69) is 10.4 Å².